The molecule has 5 heteroatoms. The Morgan fingerprint density at radius 2 is 1.56 bits per heavy atom. The maximum atomic E-state index is 11.4. The first-order valence-electron chi connectivity index (χ1n) is 4.56. The zero-order chi connectivity index (χ0) is 12.0. The van der Waals surface area contributed by atoms with E-state index in [1.165, 1.54) is 14.2 Å². The van der Waals surface area contributed by atoms with E-state index in [-0.39, 0.29) is 0 Å². The minimum Gasteiger partial charge on any atom is -0.468 e. The molecule has 0 atom stereocenters. The van der Waals surface area contributed by atoms with Gasteiger partial charge in [-0.2, -0.15) is 0 Å². The number of carbonyl (C=O) groups excluding carboxylic acids is 2. The molecule has 16 heavy (non-hydrogen) atoms. The maximum absolute atomic E-state index is 11.4. The SMILES string of the molecule is COC(=O)C(Sc1ccccc1)C(=O)OC. The molecule has 1 rings (SSSR count). The van der Waals surface area contributed by atoms with Crippen LogP contribution in [0, 0.1) is 0 Å². The third kappa shape index (κ3) is 3.27. The molecule has 0 amide bonds. The van der Waals surface area contributed by atoms with Crippen molar-refractivity contribution in [2.75, 3.05) is 14.2 Å². The Morgan fingerprint density at radius 3 is 2.00 bits per heavy atom. The van der Waals surface area contributed by atoms with E-state index in [1.807, 2.05) is 30.3 Å². The summed E-state index contributed by atoms with van der Waals surface area (Å²) in [6.45, 7) is 0. The van der Waals surface area contributed by atoms with Gasteiger partial charge in [-0.25, -0.2) is 0 Å². The molecular formula is C11H12O4S. The lowest BCUT2D eigenvalue weighted by atomic mass is 10.4. The van der Waals surface area contributed by atoms with Gasteiger partial charge in [-0.05, 0) is 12.1 Å². The summed E-state index contributed by atoms with van der Waals surface area (Å²) in [6, 6.07) is 9.13. The molecule has 0 fully saturated rings. The van der Waals surface area contributed by atoms with Crippen molar-refractivity contribution in [2.24, 2.45) is 0 Å². The number of carbonyl (C=O) groups is 2. The molecule has 0 radical (unpaired) electrons. The zero-order valence-electron chi connectivity index (χ0n) is 9.01. The van der Waals surface area contributed by atoms with Crippen LogP contribution in [0.1, 0.15) is 0 Å². The van der Waals surface area contributed by atoms with Crippen LogP contribution >= 0.6 is 11.8 Å². The van der Waals surface area contributed by atoms with Crippen molar-refractivity contribution in [2.45, 2.75) is 10.1 Å². The first kappa shape index (κ1) is 12.6. The van der Waals surface area contributed by atoms with Crippen LogP contribution in [0.15, 0.2) is 35.2 Å². The summed E-state index contributed by atoms with van der Waals surface area (Å²) >= 11 is 1.10. The molecule has 0 bridgehead atoms. The highest BCUT2D eigenvalue weighted by Gasteiger charge is 2.29. The molecule has 4 nitrogen and oxygen atoms in total. The van der Waals surface area contributed by atoms with E-state index in [2.05, 4.69) is 9.47 Å². The summed E-state index contributed by atoms with van der Waals surface area (Å²) in [5, 5.41) is -0.975. The second kappa shape index (κ2) is 6.17. The Labute approximate surface area is 97.9 Å². The van der Waals surface area contributed by atoms with Crippen molar-refractivity contribution in [3.8, 4) is 0 Å². The van der Waals surface area contributed by atoms with Crippen LogP contribution in [0.5, 0.6) is 0 Å². The third-order valence-corrected chi connectivity index (χ3v) is 2.99. The molecule has 0 aliphatic carbocycles. The van der Waals surface area contributed by atoms with Crippen LogP contribution < -0.4 is 0 Å². The van der Waals surface area contributed by atoms with E-state index in [9.17, 15) is 9.59 Å². The highest BCUT2D eigenvalue weighted by atomic mass is 32.2. The fourth-order valence-electron chi connectivity index (χ4n) is 1.04. The number of esters is 2. The molecule has 1 aromatic carbocycles. The fraction of sp³-hybridized carbons (Fsp3) is 0.273. The number of methoxy groups -OCH3 is 2. The Morgan fingerprint density at radius 1 is 1.06 bits per heavy atom. The molecule has 0 aliphatic heterocycles. The lowest BCUT2D eigenvalue weighted by molar-refractivity contribution is -0.150. The number of hydrogen-bond donors (Lipinski definition) is 0. The summed E-state index contributed by atoms with van der Waals surface area (Å²) in [7, 11) is 2.48. The van der Waals surface area contributed by atoms with E-state index in [4.69, 9.17) is 0 Å². The molecule has 0 saturated heterocycles. The maximum Gasteiger partial charge on any atom is 0.330 e. The Balaban J connectivity index is 2.79. The fourth-order valence-corrected chi connectivity index (χ4v) is 2.01. The predicted octanol–water partition coefficient (Wildman–Crippen LogP) is 1.49. The highest BCUT2D eigenvalue weighted by molar-refractivity contribution is 8.01. The average Bonchev–Trinajstić information content (AvgIpc) is 2.35. The van der Waals surface area contributed by atoms with Crippen molar-refractivity contribution in [3.05, 3.63) is 30.3 Å². The largest absolute Gasteiger partial charge is 0.468 e. The van der Waals surface area contributed by atoms with Crippen molar-refractivity contribution < 1.29 is 19.1 Å². The zero-order valence-corrected chi connectivity index (χ0v) is 9.82. The first-order chi connectivity index (χ1) is 7.69. The van der Waals surface area contributed by atoms with Crippen molar-refractivity contribution in [3.63, 3.8) is 0 Å². The standard InChI is InChI=1S/C11H12O4S/c1-14-10(12)9(11(13)15-2)16-8-6-4-3-5-7-8/h3-7,9H,1-2H3. The van der Waals surface area contributed by atoms with E-state index in [0.717, 1.165) is 16.7 Å². The quantitative estimate of drug-likeness (QED) is 0.453. The average molecular weight is 240 g/mol. The van der Waals surface area contributed by atoms with Gasteiger partial charge in [0.25, 0.3) is 0 Å². The van der Waals surface area contributed by atoms with Gasteiger partial charge < -0.3 is 9.47 Å². The predicted molar refractivity (Wildman–Crippen MR) is 60.1 cm³/mol. The van der Waals surface area contributed by atoms with Gasteiger partial charge in [0.05, 0.1) is 14.2 Å². The Kier molecular flexibility index (Phi) is 4.85. The van der Waals surface area contributed by atoms with Gasteiger partial charge in [-0.15, -0.1) is 0 Å². The van der Waals surface area contributed by atoms with E-state index < -0.39 is 17.2 Å². The van der Waals surface area contributed by atoms with Gasteiger partial charge in [0, 0.05) is 4.90 Å². The summed E-state index contributed by atoms with van der Waals surface area (Å²) in [4.78, 5) is 23.6. The number of hydrogen-bond acceptors (Lipinski definition) is 5. The minimum absolute atomic E-state index is 0.610. The third-order valence-electron chi connectivity index (χ3n) is 1.83. The van der Waals surface area contributed by atoms with E-state index in [0.29, 0.717) is 0 Å². The minimum atomic E-state index is -0.975. The highest BCUT2D eigenvalue weighted by Crippen LogP contribution is 2.24. The molecule has 1 aromatic rings. The van der Waals surface area contributed by atoms with Crippen LogP contribution in [-0.4, -0.2) is 31.4 Å². The van der Waals surface area contributed by atoms with Gasteiger partial charge in [-0.3, -0.25) is 9.59 Å². The van der Waals surface area contributed by atoms with E-state index >= 15 is 0 Å². The Hall–Kier alpha value is -1.49. The number of ether oxygens (including phenoxy) is 2. The summed E-state index contributed by atoms with van der Waals surface area (Å²) in [5.74, 6) is -1.22. The van der Waals surface area contributed by atoms with Gasteiger partial charge in [0.2, 0.25) is 5.25 Å². The summed E-state index contributed by atoms with van der Waals surface area (Å²) in [5.41, 5.74) is 0. The lowest BCUT2D eigenvalue weighted by Gasteiger charge is -2.11. The van der Waals surface area contributed by atoms with Crippen LogP contribution in [0.25, 0.3) is 0 Å². The van der Waals surface area contributed by atoms with Crippen LogP contribution in [0.3, 0.4) is 0 Å². The Bertz CT molecular complexity index is 348. The molecular weight excluding hydrogens is 228 g/mol. The second-order valence-electron chi connectivity index (χ2n) is 2.86. The molecule has 0 heterocycles. The van der Waals surface area contributed by atoms with Gasteiger partial charge >= 0.3 is 11.9 Å². The number of rotatable bonds is 4. The molecule has 0 N–H and O–H groups in total. The van der Waals surface area contributed by atoms with Gasteiger partial charge in [-0.1, -0.05) is 30.0 Å². The molecule has 0 unspecified atom stereocenters. The smallest absolute Gasteiger partial charge is 0.330 e. The number of thioether (sulfide) groups is 1. The molecule has 0 aromatic heterocycles. The topological polar surface area (TPSA) is 52.6 Å². The van der Waals surface area contributed by atoms with Crippen molar-refractivity contribution >= 4 is 23.7 Å². The van der Waals surface area contributed by atoms with Crippen LogP contribution in [-0.2, 0) is 19.1 Å². The first-order valence-corrected chi connectivity index (χ1v) is 5.44. The molecule has 0 spiro atoms. The van der Waals surface area contributed by atoms with Crippen molar-refractivity contribution in [1.82, 2.24) is 0 Å². The van der Waals surface area contributed by atoms with E-state index in [1.54, 1.807) is 0 Å². The summed E-state index contributed by atoms with van der Waals surface area (Å²) < 4.78 is 9.09. The van der Waals surface area contributed by atoms with Gasteiger partial charge in [0.1, 0.15) is 0 Å². The van der Waals surface area contributed by atoms with Crippen LogP contribution in [0.4, 0.5) is 0 Å². The molecule has 0 aliphatic rings. The van der Waals surface area contributed by atoms with Crippen LogP contribution in [0.2, 0.25) is 0 Å². The van der Waals surface area contributed by atoms with Crippen molar-refractivity contribution in [1.29, 1.82) is 0 Å². The molecule has 86 valence electrons. The summed E-state index contributed by atoms with van der Waals surface area (Å²) in [6.07, 6.45) is 0. The molecule has 0 saturated carbocycles. The number of benzene rings is 1. The normalized spacial score (nSPS) is 9.94. The monoisotopic (exact) mass is 240 g/mol. The lowest BCUT2D eigenvalue weighted by Crippen LogP contribution is -2.29. The second-order valence-corrected chi connectivity index (χ2v) is 4.04. The van der Waals surface area contributed by atoms with Gasteiger partial charge in [0.15, 0.2) is 0 Å².